The van der Waals surface area contributed by atoms with Gasteiger partial charge in [-0.2, -0.15) is 13.2 Å². The monoisotopic (exact) mass is 712 g/mol. The van der Waals surface area contributed by atoms with E-state index < -0.39 is 89.4 Å². The van der Waals surface area contributed by atoms with Crippen molar-refractivity contribution in [2.24, 2.45) is 0 Å². The number of carbonyl (C=O) groups is 5. The standard InChI is InChI=1S/C34H27F3N2O12/c1-14(40)23-12-21-26(29(43)20-11-17-5-3-4-6-19(17)27(41)25(20)28(21)42)32(49-23)50-24-13-22(38-33(45)34(35,36)37)30(15(2)48-24)51-31(44)16-7-9-18(10-8-16)39(46)47/h3-11,15,22-24,30,32,41H,12-13H2,1-2H3,(H,38,45)/t15-,22-,23-,24-,30+,32+/m0/s1. The Hall–Kier alpha value is -5.52. The highest BCUT2D eigenvalue weighted by Gasteiger charge is 2.49. The third kappa shape index (κ3) is 6.70. The molecule has 0 radical (unpaired) electrons. The maximum atomic E-state index is 14.0. The first kappa shape index (κ1) is 35.3. The molecule has 1 saturated heterocycles. The number of amides is 1. The maximum Gasteiger partial charge on any atom is 0.471 e. The highest BCUT2D eigenvalue weighted by Crippen LogP contribution is 2.43. The van der Waals surface area contributed by atoms with Crippen LogP contribution in [-0.2, 0) is 28.5 Å². The first-order valence-electron chi connectivity index (χ1n) is 15.4. The molecule has 17 heteroatoms. The molecule has 0 unspecified atom stereocenters. The molecule has 1 fully saturated rings. The largest absolute Gasteiger partial charge is 0.507 e. The van der Waals surface area contributed by atoms with Crippen LogP contribution in [0.5, 0.6) is 5.75 Å². The Kier molecular flexibility index (Phi) is 9.22. The Morgan fingerprint density at radius 1 is 1.04 bits per heavy atom. The van der Waals surface area contributed by atoms with E-state index in [4.69, 9.17) is 18.9 Å². The zero-order valence-corrected chi connectivity index (χ0v) is 26.6. The van der Waals surface area contributed by atoms with Gasteiger partial charge in [-0.15, -0.1) is 0 Å². The lowest BCUT2D eigenvalue weighted by Gasteiger charge is -2.42. The number of alkyl halides is 3. The van der Waals surface area contributed by atoms with Crippen LogP contribution in [0.2, 0.25) is 0 Å². The number of benzene rings is 3. The third-order valence-electron chi connectivity index (χ3n) is 8.78. The molecular weight excluding hydrogens is 685 g/mol. The summed E-state index contributed by atoms with van der Waals surface area (Å²) in [5.74, 6) is -5.96. The van der Waals surface area contributed by atoms with Crippen LogP contribution in [0.3, 0.4) is 0 Å². The van der Waals surface area contributed by atoms with Crippen molar-refractivity contribution in [2.75, 3.05) is 0 Å². The number of phenolic OH excluding ortho intramolecular Hbond substituents is 1. The zero-order valence-electron chi connectivity index (χ0n) is 26.6. The summed E-state index contributed by atoms with van der Waals surface area (Å²) in [5.41, 5.74) is -1.43. The molecule has 51 heavy (non-hydrogen) atoms. The molecule has 3 aromatic rings. The van der Waals surface area contributed by atoms with Gasteiger partial charge in [-0.3, -0.25) is 29.3 Å². The number of hydrogen-bond acceptors (Lipinski definition) is 12. The van der Waals surface area contributed by atoms with Crippen LogP contribution in [0, 0.1) is 10.1 Å². The summed E-state index contributed by atoms with van der Waals surface area (Å²) in [7, 11) is 0. The molecule has 1 aliphatic carbocycles. The van der Waals surface area contributed by atoms with Crippen molar-refractivity contribution in [1.29, 1.82) is 0 Å². The SMILES string of the molecule is CC(=O)[C@@H]1CC2=C(C(=O)c3cc4ccccc4c(O)c3C2=O)[C@@H](O[C@H]2C[C@H](NC(=O)C(F)(F)F)[C@H](OC(=O)c3ccc([N+](=O)[O-])cc3)[C@H](C)O2)O1. The number of rotatable bonds is 7. The van der Waals surface area contributed by atoms with Crippen LogP contribution in [0.4, 0.5) is 18.9 Å². The predicted molar refractivity (Wildman–Crippen MR) is 166 cm³/mol. The molecule has 0 bridgehead atoms. The van der Waals surface area contributed by atoms with Gasteiger partial charge < -0.3 is 29.4 Å². The Morgan fingerprint density at radius 2 is 1.73 bits per heavy atom. The van der Waals surface area contributed by atoms with Crippen molar-refractivity contribution >= 4 is 45.7 Å². The second-order valence-corrected chi connectivity index (χ2v) is 12.1. The number of hydrogen-bond donors (Lipinski definition) is 2. The Balaban J connectivity index is 1.30. The summed E-state index contributed by atoms with van der Waals surface area (Å²) in [5, 5.41) is 24.5. The molecule has 6 rings (SSSR count). The van der Waals surface area contributed by atoms with E-state index in [0.29, 0.717) is 10.8 Å². The summed E-state index contributed by atoms with van der Waals surface area (Å²) >= 11 is 0. The zero-order chi connectivity index (χ0) is 36.9. The van der Waals surface area contributed by atoms with Crippen LogP contribution in [0.25, 0.3) is 10.8 Å². The molecule has 3 aromatic carbocycles. The number of nitrogens with one attached hydrogen (secondary N) is 1. The molecular formula is C34H27F3N2O12. The van der Waals surface area contributed by atoms with Crippen LogP contribution in [0.1, 0.15) is 57.8 Å². The van der Waals surface area contributed by atoms with E-state index in [9.17, 15) is 52.4 Å². The van der Waals surface area contributed by atoms with E-state index in [-0.39, 0.29) is 39.9 Å². The van der Waals surface area contributed by atoms with E-state index in [1.54, 1.807) is 29.6 Å². The van der Waals surface area contributed by atoms with Gasteiger partial charge in [-0.25, -0.2) is 4.79 Å². The summed E-state index contributed by atoms with van der Waals surface area (Å²) in [4.78, 5) is 75.6. The summed E-state index contributed by atoms with van der Waals surface area (Å²) in [6.07, 6.45) is -13.8. The van der Waals surface area contributed by atoms with E-state index in [1.165, 1.54) is 19.9 Å². The minimum atomic E-state index is -5.34. The van der Waals surface area contributed by atoms with Crippen LogP contribution in [0.15, 0.2) is 65.7 Å². The van der Waals surface area contributed by atoms with E-state index in [0.717, 1.165) is 24.3 Å². The number of phenols is 1. The number of fused-ring (bicyclic) bond motifs is 2. The van der Waals surface area contributed by atoms with Crippen LogP contribution < -0.4 is 5.32 Å². The molecule has 2 heterocycles. The maximum absolute atomic E-state index is 14.0. The number of carbonyl (C=O) groups excluding carboxylic acids is 5. The van der Waals surface area contributed by atoms with E-state index in [1.807, 2.05) is 0 Å². The van der Waals surface area contributed by atoms with Crippen molar-refractivity contribution in [2.45, 2.75) is 69.8 Å². The number of nitrogens with zero attached hydrogens (tertiary/aromatic N) is 1. The van der Waals surface area contributed by atoms with Crippen molar-refractivity contribution < 1.29 is 66.1 Å². The van der Waals surface area contributed by atoms with Gasteiger partial charge in [-0.05, 0) is 37.4 Å². The summed E-state index contributed by atoms with van der Waals surface area (Å²) in [6.45, 7) is 2.48. The van der Waals surface area contributed by atoms with E-state index >= 15 is 0 Å². The summed E-state index contributed by atoms with van der Waals surface area (Å²) < 4.78 is 63.1. The van der Waals surface area contributed by atoms with Crippen LogP contribution in [-0.4, -0.2) is 82.4 Å². The number of esters is 1. The highest BCUT2D eigenvalue weighted by atomic mass is 19.4. The van der Waals surface area contributed by atoms with Crippen LogP contribution >= 0.6 is 0 Å². The lowest BCUT2D eigenvalue weighted by Crippen LogP contribution is -2.59. The number of nitro groups is 1. The first-order valence-corrected chi connectivity index (χ1v) is 15.4. The quantitative estimate of drug-likeness (QED) is 0.201. The number of aromatic hydroxyl groups is 1. The molecule has 266 valence electrons. The normalized spacial score (nSPS) is 24.8. The number of ketones is 3. The van der Waals surface area contributed by atoms with Crippen molar-refractivity contribution in [3.05, 3.63) is 92.5 Å². The lowest BCUT2D eigenvalue weighted by molar-refractivity contribution is -0.384. The molecule has 3 aliphatic rings. The fraction of sp³-hybridized carbons (Fsp3) is 0.324. The third-order valence-corrected chi connectivity index (χ3v) is 8.78. The van der Waals surface area contributed by atoms with Gasteiger partial charge in [0.25, 0.3) is 5.69 Å². The average Bonchev–Trinajstić information content (AvgIpc) is 3.07. The Morgan fingerprint density at radius 3 is 2.37 bits per heavy atom. The number of halogens is 3. The van der Waals surface area contributed by atoms with Gasteiger partial charge in [0, 0.05) is 41.5 Å². The van der Waals surface area contributed by atoms with Gasteiger partial charge in [0.15, 0.2) is 29.9 Å². The minimum absolute atomic E-state index is 0.167. The van der Waals surface area contributed by atoms with Gasteiger partial charge >= 0.3 is 18.1 Å². The van der Waals surface area contributed by atoms with E-state index in [2.05, 4.69) is 0 Å². The summed E-state index contributed by atoms with van der Waals surface area (Å²) in [6, 6.07) is 10.5. The lowest BCUT2D eigenvalue weighted by atomic mass is 9.78. The minimum Gasteiger partial charge on any atom is -0.507 e. The van der Waals surface area contributed by atoms with Gasteiger partial charge in [0.05, 0.1) is 33.8 Å². The number of nitro benzene ring substituents is 1. The molecule has 1 amide bonds. The van der Waals surface area contributed by atoms with Gasteiger partial charge in [-0.1, -0.05) is 24.3 Å². The molecule has 6 atom stereocenters. The first-order chi connectivity index (χ1) is 24.0. The Bertz CT molecular complexity index is 2030. The molecule has 14 nitrogen and oxygen atoms in total. The van der Waals surface area contributed by atoms with Gasteiger partial charge in [0.2, 0.25) is 0 Å². The molecule has 0 aromatic heterocycles. The second kappa shape index (κ2) is 13.3. The number of ether oxygens (including phenoxy) is 4. The molecule has 0 spiro atoms. The van der Waals surface area contributed by atoms with Gasteiger partial charge in [0.1, 0.15) is 18.0 Å². The molecule has 0 saturated carbocycles. The average molecular weight is 713 g/mol. The smallest absolute Gasteiger partial charge is 0.471 e. The Labute approximate surface area is 285 Å². The topological polar surface area (TPSA) is 198 Å². The van der Waals surface area contributed by atoms with Crippen molar-refractivity contribution in [1.82, 2.24) is 5.32 Å². The fourth-order valence-corrected chi connectivity index (χ4v) is 6.28. The highest BCUT2D eigenvalue weighted by molar-refractivity contribution is 6.30. The molecule has 2 N–H and O–H groups in total. The van der Waals surface area contributed by atoms with Crippen molar-refractivity contribution in [3.63, 3.8) is 0 Å². The fourth-order valence-electron chi connectivity index (χ4n) is 6.28. The second-order valence-electron chi connectivity index (χ2n) is 12.1. The molecule has 2 aliphatic heterocycles. The number of Topliss-reactive ketones (excluding diaryl/α,β-unsaturated/α-hetero) is 3. The number of non-ortho nitro benzene ring substituents is 1. The van der Waals surface area contributed by atoms with Crippen molar-refractivity contribution in [3.8, 4) is 5.75 Å². The predicted octanol–water partition coefficient (Wildman–Crippen LogP) is 4.26.